The van der Waals surface area contributed by atoms with Crippen LogP contribution >= 0.6 is 10.8 Å². The third kappa shape index (κ3) is 3.60. The van der Waals surface area contributed by atoms with Crippen molar-refractivity contribution in [2.24, 2.45) is 7.05 Å². The largest absolute Gasteiger partial charge is 0.501 e. The number of amides is 1. The number of aromatic nitrogens is 4. The lowest BCUT2D eigenvalue weighted by atomic mass is 10.3. The molecule has 0 unspecified atom stereocenters. The second-order valence-corrected chi connectivity index (χ2v) is 9.12. The molecule has 1 aromatic carbocycles. The molecule has 3 aromatic rings. The molecule has 0 radical (unpaired) electrons. The van der Waals surface area contributed by atoms with E-state index in [9.17, 15) is 23.8 Å². The van der Waals surface area contributed by atoms with Crippen LogP contribution in [0.15, 0.2) is 29.1 Å². The van der Waals surface area contributed by atoms with Gasteiger partial charge in [-0.2, -0.15) is 0 Å². The first-order chi connectivity index (χ1) is 14.3. The van der Waals surface area contributed by atoms with Gasteiger partial charge < -0.3 is 15.4 Å². The van der Waals surface area contributed by atoms with Crippen LogP contribution in [-0.2, 0) is 13.6 Å². The molecule has 1 aliphatic heterocycles. The van der Waals surface area contributed by atoms with Crippen LogP contribution in [-0.4, -0.2) is 51.9 Å². The fourth-order valence-corrected chi connectivity index (χ4v) is 4.99. The summed E-state index contributed by atoms with van der Waals surface area (Å²) in [5.41, 5.74) is 0.224. The Balaban J connectivity index is 1.62. The number of carbonyl (C=O) groups is 1. The molecule has 5 N–H and O–H groups in total. The van der Waals surface area contributed by atoms with Gasteiger partial charge in [0.1, 0.15) is 5.82 Å². The van der Waals surface area contributed by atoms with Crippen LogP contribution in [0.5, 0.6) is 5.75 Å². The molecule has 0 aliphatic carbocycles. The normalized spacial score (nSPS) is 17.1. The number of fused-ring (bicyclic) bond motifs is 1. The van der Waals surface area contributed by atoms with E-state index in [0.717, 1.165) is 15.6 Å². The SMILES string of the molecule is Cn1c(N2CCCCS2(O)O)nc(C(=O)NCc2nc3ccccc3[nH]2)c(O)c1=O. The van der Waals surface area contributed by atoms with Crippen molar-refractivity contribution in [1.82, 2.24) is 24.8 Å². The van der Waals surface area contributed by atoms with E-state index in [1.165, 1.54) is 11.4 Å². The number of rotatable bonds is 4. The molecule has 1 amide bonds. The number of aromatic amines is 1. The average molecular weight is 434 g/mol. The molecule has 1 fully saturated rings. The molecule has 11 nitrogen and oxygen atoms in total. The molecular weight excluding hydrogens is 412 g/mol. The third-order valence-corrected chi connectivity index (χ3v) is 6.81. The Labute approximate surface area is 172 Å². The van der Waals surface area contributed by atoms with Gasteiger partial charge in [-0.05, 0) is 25.0 Å². The van der Waals surface area contributed by atoms with Gasteiger partial charge in [0.2, 0.25) is 11.7 Å². The monoisotopic (exact) mass is 434 g/mol. The fourth-order valence-electron chi connectivity index (χ4n) is 3.34. The molecule has 30 heavy (non-hydrogen) atoms. The van der Waals surface area contributed by atoms with Gasteiger partial charge in [0.25, 0.3) is 11.5 Å². The molecule has 4 rings (SSSR count). The molecule has 0 bridgehead atoms. The van der Waals surface area contributed by atoms with Crippen molar-refractivity contribution < 1.29 is 19.0 Å². The number of anilines is 1. The van der Waals surface area contributed by atoms with Crippen LogP contribution in [0.25, 0.3) is 11.0 Å². The van der Waals surface area contributed by atoms with Crippen molar-refractivity contribution in [2.45, 2.75) is 19.4 Å². The number of carbonyl (C=O) groups excluding carboxylic acids is 1. The lowest BCUT2D eigenvalue weighted by Crippen LogP contribution is -2.39. The van der Waals surface area contributed by atoms with Gasteiger partial charge in [0, 0.05) is 13.6 Å². The van der Waals surface area contributed by atoms with E-state index in [2.05, 4.69) is 20.3 Å². The summed E-state index contributed by atoms with van der Waals surface area (Å²) < 4.78 is 22.9. The number of H-pyrrole nitrogens is 1. The van der Waals surface area contributed by atoms with Crippen LogP contribution in [0.3, 0.4) is 0 Å². The van der Waals surface area contributed by atoms with Gasteiger partial charge in [0.05, 0.1) is 23.3 Å². The zero-order valence-corrected chi connectivity index (χ0v) is 17.0. The van der Waals surface area contributed by atoms with E-state index >= 15 is 0 Å². The molecule has 1 aliphatic rings. The molecule has 2 aromatic heterocycles. The zero-order valence-electron chi connectivity index (χ0n) is 16.2. The Hall–Kier alpha value is -3.09. The quantitative estimate of drug-likeness (QED) is 0.414. The Morgan fingerprint density at radius 1 is 1.27 bits per heavy atom. The van der Waals surface area contributed by atoms with E-state index in [1.54, 1.807) is 0 Å². The van der Waals surface area contributed by atoms with Gasteiger partial charge in [-0.1, -0.05) is 12.1 Å². The highest BCUT2D eigenvalue weighted by Gasteiger charge is 2.32. The Morgan fingerprint density at radius 2 is 2.03 bits per heavy atom. The predicted molar refractivity (Wildman–Crippen MR) is 113 cm³/mol. The van der Waals surface area contributed by atoms with E-state index in [4.69, 9.17) is 0 Å². The summed E-state index contributed by atoms with van der Waals surface area (Å²) in [6, 6.07) is 7.39. The molecule has 12 heteroatoms. The number of nitrogens with one attached hydrogen (secondary N) is 2. The van der Waals surface area contributed by atoms with E-state index in [1.807, 2.05) is 24.3 Å². The summed E-state index contributed by atoms with van der Waals surface area (Å²) in [6.45, 7) is 0.297. The van der Waals surface area contributed by atoms with Crippen molar-refractivity contribution in [3.63, 3.8) is 0 Å². The van der Waals surface area contributed by atoms with Gasteiger partial charge in [-0.25, -0.2) is 14.3 Å². The molecule has 3 heterocycles. The molecule has 0 atom stereocenters. The Morgan fingerprint density at radius 3 is 2.77 bits per heavy atom. The van der Waals surface area contributed by atoms with Crippen molar-refractivity contribution in [2.75, 3.05) is 16.6 Å². The maximum absolute atomic E-state index is 12.7. The topological polar surface area (TPSA) is 157 Å². The number of aromatic hydroxyl groups is 1. The summed E-state index contributed by atoms with van der Waals surface area (Å²) in [6.07, 6.45) is 1.32. The summed E-state index contributed by atoms with van der Waals surface area (Å²) in [5.74, 6) is -1.01. The van der Waals surface area contributed by atoms with Crippen LogP contribution in [0.4, 0.5) is 5.95 Å². The van der Waals surface area contributed by atoms with Crippen molar-refractivity contribution in [3.8, 4) is 5.75 Å². The highest BCUT2D eigenvalue weighted by atomic mass is 32.3. The number of benzene rings is 1. The molecule has 1 saturated heterocycles. The molecular formula is C18H22N6O5S. The Bertz CT molecular complexity index is 1140. The van der Waals surface area contributed by atoms with Crippen LogP contribution in [0.1, 0.15) is 29.2 Å². The number of para-hydroxylation sites is 2. The van der Waals surface area contributed by atoms with Gasteiger partial charge in [-0.15, -0.1) is 10.8 Å². The van der Waals surface area contributed by atoms with E-state index in [-0.39, 0.29) is 24.8 Å². The van der Waals surface area contributed by atoms with Crippen molar-refractivity contribution in [1.29, 1.82) is 0 Å². The highest BCUT2D eigenvalue weighted by molar-refractivity contribution is 8.25. The molecule has 0 saturated carbocycles. The molecule has 160 valence electrons. The van der Waals surface area contributed by atoms with E-state index < -0.39 is 33.7 Å². The Kier molecular flexibility index (Phi) is 5.13. The first-order valence-corrected chi connectivity index (χ1v) is 11.0. The average Bonchev–Trinajstić information content (AvgIpc) is 3.14. The van der Waals surface area contributed by atoms with Crippen LogP contribution in [0, 0.1) is 0 Å². The summed E-state index contributed by atoms with van der Waals surface area (Å²) in [5, 5.41) is 12.8. The lowest BCUT2D eigenvalue weighted by Gasteiger charge is -2.46. The number of hydrogen-bond donors (Lipinski definition) is 5. The van der Waals surface area contributed by atoms with Crippen molar-refractivity contribution >= 4 is 33.7 Å². The third-order valence-electron chi connectivity index (χ3n) is 4.92. The van der Waals surface area contributed by atoms with Crippen LogP contribution in [0.2, 0.25) is 0 Å². The van der Waals surface area contributed by atoms with Gasteiger partial charge in [0.15, 0.2) is 5.69 Å². The maximum Gasteiger partial charge on any atom is 0.297 e. The van der Waals surface area contributed by atoms with Crippen molar-refractivity contribution in [3.05, 3.63) is 46.1 Å². The number of nitrogens with zero attached hydrogens (tertiary/aromatic N) is 4. The minimum absolute atomic E-state index is 0.0259. The predicted octanol–water partition coefficient (Wildman–Crippen LogP) is 1.56. The summed E-state index contributed by atoms with van der Waals surface area (Å²) in [7, 11) is -1.81. The standard InChI is InChI=1S/C18H22N6O5S/c1-23-17(27)15(25)14(22-18(23)24-8-4-5-9-30(24,28)29)16(26)19-10-13-20-11-6-2-3-7-12(11)21-13/h2-3,6-7,25,28-29H,4-5,8-10H2,1H3,(H,19,26)(H,20,21). The summed E-state index contributed by atoms with van der Waals surface area (Å²) >= 11 is 0. The minimum Gasteiger partial charge on any atom is -0.501 e. The molecule has 0 spiro atoms. The first kappa shape index (κ1) is 20.2. The number of hydrogen-bond acceptors (Lipinski definition) is 8. The van der Waals surface area contributed by atoms with Crippen LogP contribution < -0.4 is 15.2 Å². The minimum atomic E-state index is -3.16. The lowest BCUT2D eigenvalue weighted by molar-refractivity contribution is 0.0941. The summed E-state index contributed by atoms with van der Waals surface area (Å²) in [4.78, 5) is 36.6. The fraction of sp³-hybridized carbons (Fsp3) is 0.333. The number of imidazole rings is 1. The van der Waals surface area contributed by atoms with E-state index in [0.29, 0.717) is 18.7 Å². The van der Waals surface area contributed by atoms with Gasteiger partial charge in [-0.3, -0.25) is 23.3 Å². The van der Waals surface area contributed by atoms with Gasteiger partial charge >= 0.3 is 0 Å². The first-order valence-electron chi connectivity index (χ1n) is 9.33. The maximum atomic E-state index is 12.7. The smallest absolute Gasteiger partial charge is 0.297 e. The zero-order chi connectivity index (χ0) is 21.5. The second kappa shape index (κ2) is 7.63. The highest BCUT2D eigenvalue weighted by Crippen LogP contribution is 2.48. The second-order valence-electron chi connectivity index (χ2n) is 7.00.